The third-order valence-corrected chi connectivity index (χ3v) is 4.66. The van der Waals surface area contributed by atoms with Crippen molar-refractivity contribution in [3.63, 3.8) is 0 Å². The zero-order chi connectivity index (χ0) is 17.7. The number of rotatable bonds is 4. The number of carbonyl (C=O) groups is 1. The van der Waals surface area contributed by atoms with Crippen LogP contribution in [0.1, 0.15) is 21.6 Å². The molecule has 0 saturated heterocycles. The number of aryl methyl sites for hydroxylation is 2. The Morgan fingerprint density at radius 3 is 2.79 bits per heavy atom. The van der Waals surface area contributed by atoms with E-state index in [1.807, 2.05) is 39.0 Å². The number of thiocarbonyl (C=S) groups is 1. The molecule has 0 saturated carbocycles. The van der Waals surface area contributed by atoms with Gasteiger partial charge in [0.1, 0.15) is 16.8 Å². The lowest BCUT2D eigenvalue weighted by Gasteiger charge is -2.10. The quantitative estimate of drug-likeness (QED) is 0.818. The fraction of sp³-hybridized carbons (Fsp3) is 0.235. The molecule has 0 unspecified atom stereocenters. The first-order chi connectivity index (χ1) is 11.4. The molecule has 0 aliphatic heterocycles. The van der Waals surface area contributed by atoms with Gasteiger partial charge in [-0.25, -0.2) is 0 Å². The fourth-order valence-electron chi connectivity index (χ4n) is 2.00. The number of ether oxygens (including phenoxy) is 1. The number of nitriles is 1. The normalized spacial score (nSPS) is 9.92. The lowest BCUT2D eigenvalue weighted by molar-refractivity contribution is -0.121. The van der Waals surface area contributed by atoms with Crippen LogP contribution < -0.4 is 15.4 Å². The number of amides is 1. The molecule has 1 aromatic carbocycles. The van der Waals surface area contributed by atoms with Crippen LogP contribution in [0.25, 0.3) is 0 Å². The van der Waals surface area contributed by atoms with E-state index in [-0.39, 0.29) is 17.6 Å². The van der Waals surface area contributed by atoms with Crippen molar-refractivity contribution < 1.29 is 9.53 Å². The number of hydrogen-bond donors (Lipinski definition) is 2. The second-order valence-corrected chi connectivity index (χ2v) is 6.84. The van der Waals surface area contributed by atoms with Crippen LogP contribution in [0, 0.1) is 32.1 Å². The summed E-state index contributed by atoms with van der Waals surface area (Å²) in [4.78, 5) is 12.9. The lowest BCUT2D eigenvalue weighted by atomic mass is 10.2. The third kappa shape index (κ3) is 4.54. The Kier molecular flexibility index (Phi) is 5.90. The number of carbonyl (C=O) groups excluding carboxylic acids is 1. The van der Waals surface area contributed by atoms with Crippen molar-refractivity contribution in [1.29, 1.82) is 5.26 Å². The summed E-state index contributed by atoms with van der Waals surface area (Å²) in [6, 6.07) is 9.59. The maximum absolute atomic E-state index is 11.9. The van der Waals surface area contributed by atoms with Crippen LogP contribution in [0.4, 0.5) is 5.00 Å². The van der Waals surface area contributed by atoms with E-state index in [1.54, 1.807) is 6.07 Å². The lowest BCUT2D eigenvalue weighted by Crippen LogP contribution is -2.37. The largest absolute Gasteiger partial charge is 0.484 e. The zero-order valence-electron chi connectivity index (χ0n) is 13.6. The van der Waals surface area contributed by atoms with Gasteiger partial charge in [0.2, 0.25) is 0 Å². The Balaban J connectivity index is 1.89. The Hall–Kier alpha value is -2.43. The van der Waals surface area contributed by atoms with Crippen molar-refractivity contribution in [1.82, 2.24) is 5.32 Å². The average molecular weight is 359 g/mol. The van der Waals surface area contributed by atoms with Gasteiger partial charge in [0.05, 0.1) is 5.56 Å². The Labute approximate surface area is 150 Å². The molecule has 0 aliphatic rings. The summed E-state index contributed by atoms with van der Waals surface area (Å²) >= 11 is 6.55. The van der Waals surface area contributed by atoms with Crippen LogP contribution in [0.15, 0.2) is 24.3 Å². The predicted molar refractivity (Wildman–Crippen MR) is 99.5 cm³/mol. The first-order valence-corrected chi connectivity index (χ1v) is 8.43. The summed E-state index contributed by atoms with van der Waals surface area (Å²) in [5.74, 6) is 0.262. The Morgan fingerprint density at radius 1 is 1.38 bits per heavy atom. The van der Waals surface area contributed by atoms with E-state index in [0.29, 0.717) is 16.3 Å². The highest BCUT2D eigenvalue weighted by molar-refractivity contribution is 7.80. The molecule has 0 radical (unpaired) electrons. The number of benzene rings is 1. The number of anilines is 1. The highest BCUT2D eigenvalue weighted by Crippen LogP contribution is 2.31. The summed E-state index contributed by atoms with van der Waals surface area (Å²) in [6.45, 7) is 5.62. The monoisotopic (exact) mass is 359 g/mol. The number of nitrogens with one attached hydrogen (secondary N) is 2. The van der Waals surface area contributed by atoms with Gasteiger partial charge in [0, 0.05) is 4.88 Å². The van der Waals surface area contributed by atoms with Gasteiger partial charge >= 0.3 is 0 Å². The minimum atomic E-state index is -0.363. The van der Waals surface area contributed by atoms with E-state index in [9.17, 15) is 10.1 Å². The van der Waals surface area contributed by atoms with Crippen molar-refractivity contribution in [2.45, 2.75) is 20.8 Å². The molecule has 24 heavy (non-hydrogen) atoms. The molecule has 2 aromatic rings. The maximum Gasteiger partial charge on any atom is 0.264 e. The van der Waals surface area contributed by atoms with Gasteiger partial charge in [0.25, 0.3) is 5.91 Å². The van der Waals surface area contributed by atoms with Crippen LogP contribution in [0.5, 0.6) is 5.75 Å². The molecule has 1 aromatic heterocycles. The summed E-state index contributed by atoms with van der Waals surface area (Å²) < 4.78 is 5.42. The maximum atomic E-state index is 11.9. The molecule has 0 spiro atoms. The zero-order valence-corrected chi connectivity index (χ0v) is 15.2. The molecule has 0 atom stereocenters. The number of thiophene rings is 1. The van der Waals surface area contributed by atoms with E-state index in [1.165, 1.54) is 11.3 Å². The number of nitrogens with zero attached hydrogens (tertiary/aromatic N) is 1. The van der Waals surface area contributed by atoms with Crippen LogP contribution in [0.2, 0.25) is 0 Å². The SMILES string of the molecule is Cc1cccc(OCC(=O)NC(=S)Nc2sc(C)c(C)c2C#N)c1. The van der Waals surface area contributed by atoms with Crippen LogP contribution >= 0.6 is 23.6 Å². The standard InChI is InChI=1S/C17H17N3O2S2/c1-10-5-4-6-13(7-10)22-9-15(21)19-17(23)20-16-14(8-18)11(2)12(3)24-16/h4-7H,9H2,1-3H3,(H2,19,20,21,23). The molecule has 0 fully saturated rings. The van der Waals surface area contributed by atoms with E-state index in [4.69, 9.17) is 17.0 Å². The fourth-order valence-corrected chi connectivity index (χ4v) is 3.30. The highest BCUT2D eigenvalue weighted by Gasteiger charge is 2.14. The molecular formula is C17H17N3O2S2. The van der Waals surface area contributed by atoms with Gasteiger partial charge in [-0.15, -0.1) is 11.3 Å². The van der Waals surface area contributed by atoms with Crippen molar-refractivity contribution in [3.8, 4) is 11.8 Å². The molecule has 1 amide bonds. The molecule has 2 rings (SSSR count). The van der Waals surface area contributed by atoms with E-state index in [2.05, 4.69) is 16.7 Å². The topological polar surface area (TPSA) is 74.2 Å². The van der Waals surface area contributed by atoms with Crippen molar-refractivity contribution in [2.75, 3.05) is 11.9 Å². The van der Waals surface area contributed by atoms with Crippen molar-refractivity contribution in [2.24, 2.45) is 0 Å². The van der Waals surface area contributed by atoms with Crippen LogP contribution in [-0.2, 0) is 4.79 Å². The molecule has 0 bridgehead atoms. The number of hydrogen-bond acceptors (Lipinski definition) is 5. The molecule has 5 nitrogen and oxygen atoms in total. The first-order valence-electron chi connectivity index (χ1n) is 7.21. The van der Waals surface area contributed by atoms with Gasteiger partial charge in [-0.05, 0) is 56.2 Å². The minimum absolute atomic E-state index is 0.140. The van der Waals surface area contributed by atoms with Crippen LogP contribution in [-0.4, -0.2) is 17.6 Å². The average Bonchev–Trinajstić information content (AvgIpc) is 2.79. The molecule has 0 aliphatic carbocycles. The Morgan fingerprint density at radius 2 is 2.12 bits per heavy atom. The smallest absolute Gasteiger partial charge is 0.264 e. The first kappa shape index (κ1) is 17.9. The van der Waals surface area contributed by atoms with Crippen molar-refractivity contribution in [3.05, 3.63) is 45.8 Å². The molecule has 1 heterocycles. The van der Waals surface area contributed by atoms with Gasteiger partial charge in [-0.2, -0.15) is 5.26 Å². The highest BCUT2D eigenvalue weighted by atomic mass is 32.1. The van der Waals surface area contributed by atoms with Gasteiger partial charge in [-0.1, -0.05) is 12.1 Å². The molecular weight excluding hydrogens is 342 g/mol. The third-order valence-electron chi connectivity index (χ3n) is 3.34. The summed E-state index contributed by atoms with van der Waals surface area (Å²) in [7, 11) is 0. The molecule has 124 valence electrons. The minimum Gasteiger partial charge on any atom is -0.484 e. The van der Waals surface area contributed by atoms with Gasteiger partial charge < -0.3 is 10.1 Å². The summed E-state index contributed by atoms with van der Waals surface area (Å²) in [5.41, 5.74) is 2.52. The van der Waals surface area contributed by atoms with E-state index >= 15 is 0 Å². The molecule has 2 N–H and O–H groups in total. The van der Waals surface area contributed by atoms with E-state index < -0.39 is 0 Å². The van der Waals surface area contributed by atoms with Gasteiger partial charge in [0.15, 0.2) is 11.7 Å². The second-order valence-electron chi connectivity index (χ2n) is 5.21. The summed E-state index contributed by atoms with van der Waals surface area (Å²) in [6.07, 6.45) is 0. The molecule has 7 heteroatoms. The predicted octanol–water partition coefficient (Wildman–Crippen LogP) is 3.44. The summed E-state index contributed by atoms with van der Waals surface area (Å²) in [5, 5.41) is 15.4. The van der Waals surface area contributed by atoms with Crippen LogP contribution in [0.3, 0.4) is 0 Å². The second kappa shape index (κ2) is 7.90. The van der Waals surface area contributed by atoms with E-state index in [0.717, 1.165) is 16.0 Å². The van der Waals surface area contributed by atoms with Gasteiger partial charge in [-0.3, -0.25) is 10.1 Å². The Bertz CT molecular complexity index is 822. The van der Waals surface area contributed by atoms with Crippen molar-refractivity contribution >= 4 is 39.6 Å².